The lowest BCUT2D eigenvalue weighted by Crippen LogP contribution is -2.30. The number of rotatable bonds is 5. The number of likely N-dealkylation sites (N-methyl/N-ethyl adjacent to an activating group) is 1. The maximum Gasteiger partial charge on any atom is 0.279 e. The first-order valence-electron chi connectivity index (χ1n) is 12.3. The van der Waals surface area contributed by atoms with Gasteiger partial charge in [-0.05, 0) is 38.2 Å². The second-order valence-electron chi connectivity index (χ2n) is 10.2. The highest BCUT2D eigenvalue weighted by molar-refractivity contribution is 6.33. The van der Waals surface area contributed by atoms with E-state index in [9.17, 15) is 9.90 Å². The molecule has 0 atom stereocenters. The smallest absolute Gasteiger partial charge is 0.279 e. The van der Waals surface area contributed by atoms with E-state index < -0.39 is 11.3 Å². The number of aliphatic imine (C=N–C) groups is 1. The van der Waals surface area contributed by atoms with E-state index in [0.29, 0.717) is 33.5 Å². The van der Waals surface area contributed by atoms with Gasteiger partial charge in [-0.15, -0.1) is 0 Å². The van der Waals surface area contributed by atoms with E-state index in [4.69, 9.17) is 22.3 Å². The van der Waals surface area contributed by atoms with Crippen molar-refractivity contribution in [3.63, 3.8) is 0 Å². The quantitative estimate of drug-likeness (QED) is 0.248. The first kappa shape index (κ1) is 27.2. The number of carbonyl (C=O) groups is 1. The maximum absolute atomic E-state index is 12.8. The molecule has 0 saturated carbocycles. The Kier molecular flexibility index (Phi) is 8.08. The second-order valence-corrected chi connectivity index (χ2v) is 10.6. The summed E-state index contributed by atoms with van der Waals surface area (Å²) < 4.78 is 0. The van der Waals surface area contributed by atoms with Crippen LogP contribution in [0, 0.1) is 5.41 Å². The third-order valence-corrected chi connectivity index (χ3v) is 6.45. The van der Waals surface area contributed by atoms with Crippen molar-refractivity contribution in [3.8, 4) is 0 Å². The number of aromatic nitrogens is 4. The van der Waals surface area contributed by atoms with Crippen LogP contribution < -0.4 is 16.0 Å². The topological polar surface area (TPSA) is 146 Å². The Morgan fingerprint density at radius 2 is 1.97 bits per heavy atom. The average Bonchev–Trinajstić information content (AvgIpc) is 3.09. The SMILES string of the molecule is CN1CCCN(c2ncc3ncnc(Nc4cc(C(=O)N=C(N)/C=C(\O)C(C)(C)C)ccc4Cl)c3n2)CC1. The number of anilines is 3. The number of allylic oxidation sites excluding steroid dienone is 1. The molecule has 1 aromatic carbocycles. The predicted octanol–water partition coefficient (Wildman–Crippen LogP) is 3.94. The molecule has 0 radical (unpaired) electrons. The minimum absolute atomic E-state index is 0.0224. The molecule has 38 heavy (non-hydrogen) atoms. The van der Waals surface area contributed by atoms with Gasteiger partial charge in [0, 0.05) is 36.7 Å². The molecule has 11 nitrogen and oxygen atoms in total. The molecule has 1 aliphatic rings. The Labute approximate surface area is 226 Å². The molecular formula is C26H32ClN9O2. The van der Waals surface area contributed by atoms with Gasteiger partial charge in [0.2, 0.25) is 5.95 Å². The van der Waals surface area contributed by atoms with Crippen LogP contribution in [0.25, 0.3) is 11.0 Å². The van der Waals surface area contributed by atoms with Crippen molar-refractivity contribution >= 4 is 51.8 Å². The van der Waals surface area contributed by atoms with E-state index in [1.165, 1.54) is 12.4 Å². The lowest BCUT2D eigenvalue weighted by molar-refractivity contribution is 0.100. The number of fused-ring (bicyclic) bond motifs is 1. The predicted molar refractivity (Wildman–Crippen MR) is 150 cm³/mol. The van der Waals surface area contributed by atoms with Gasteiger partial charge in [-0.2, -0.15) is 4.99 Å². The number of benzene rings is 1. The van der Waals surface area contributed by atoms with E-state index in [0.717, 1.165) is 32.6 Å². The molecule has 12 heteroatoms. The molecule has 4 rings (SSSR count). The van der Waals surface area contributed by atoms with Crippen molar-refractivity contribution in [2.24, 2.45) is 16.1 Å². The number of aliphatic hydroxyl groups excluding tert-OH is 1. The molecule has 1 amide bonds. The summed E-state index contributed by atoms with van der Waals surface area (Å²) in [6.07, 6.45) is 5.39. The van der Waals surface area contributed by atoms with Crippen molar-refractivity contribution in [3.05, 3.63) is 53.1 Å². The Balaban J connectivity index is 1.62. The van der Waals surface area contributed by atoms with Crippen LogP contribution in [0.4, 0.5) is 17.5 Å². The van der Waals surface area contributed by atoms with Crippen molar-refractivity contribution < 1.29 is 9.90 Å². The van der Waals surface area contributed by atoms with Crippen molar-refractivity contribution in [2.75, 3.05) is 43.4 Å². The Bertz CT molecular complexity index is 1400. The lowest BCUT2D eigenvalue weighted by Gasteiger charge is -2.20. The van der Waals surface area contributed by atoms with Gasteiger partial charge in [0.25, 0.3) is 5.91 Å². The number of aliphatic hydroxyl groups is 1. The number of hydrogen-bond acceptors (Lipinski definition) is 9. The molecule has 200 valence electrons. The van der Waals surface area contributed by atoms with Gasteiger partial charge in [-0.3, -0.25) is 4.79 Å². The van der Waals surface area contributed by atoms with Crippen LogP contribution >= 0.6 is 11.6 Å². The van der Waals surface area contributed by atoms with Crippen LogP contribution in [-0.4, -0.2) is 74.9 Å². The first-order chi connectivity index (χ1) is 18.0. The fraction of sp³-hybridized carbons (Fsp3) is 0.385. The summed E-state index contributed by atoms with van der Waals surface area (Å²) in [4.78, 5) is 39.1. The Morgan fingerprint density at radius 1 is 1.18 bits per heavy atom. The molecule has 1 aliphatic heterocycles. The van der Waals surface area contributed by atoms with Crippen LogP contribution in [0.3, 0.4) is 0 Å². The summed E-state index contributed by atoms with van der Waals surface area (Å²) in [5.41, 5.74) is 7.15. The lowest BCUT2D eigenvalue weighted by atomic mass is 9.93. The van der Waals surface area contributed by atoms with Crippen LogP contribution in [0.5, 0.6) is 0 Å². The highest BCUT2D eigenvalue weighted by Gasteiger charge is 2.19. The normalized spacial score (nSPS) is 16.0. The number of nitrogens with two attached hydrogens (primary N) is 1. The van der Waals surface area contributed by atoms with Gasteiger partial charge in [0.1, 0.15) is 29.0 Å². The summed E-state index contributed by atoms with van der Waals surface area (Å²) in [5, 5.41) is 13.7. The molecule has 1 saturated heterocycles. The van der Waals surface area contributed by atoms with Gasteiger partial charge in [-0.25, -0.2) is 19.9 Å². The molecule has 2 aromatic heterocycles. The molecule has 0 spiro atoms. The molecule has 4 N–H and O–H groups in total. The van der Waals surface area contributed by atoms with E-state index in [-0.39, 0.29) is 17.2 Å². The van der Waals surface area contributed by atoms with Crippen LogP contribution in [0.1, 0.15) is 37.6 Å². The second kappa shape index (κ2) is 11.3. The van der Waals surface area contributed by atoms with Gasteiger partial charge in [0.15, 0.2) is 5.82 Å². The highest BCUT2D eigenvalue weighted by atomic mass is 35.5. The monoisotopic (exact) mass is 537 g/mol. The molecule has 0 aliphatic carbocycles. The highest BCUT2D eigenvalue weighted by Crippen LogP contribution is 2.29. The van der Waals surface area contributed by atoms with Gasteiger partial charge in [-0.1, -0.05) is 32.4 Å². The number of nitrogens with one attached hydrogen (secondary N) is 1. The standard InChI is InChI=1S/C26H32ClN9O2/c1-26(2,3)20(37)13-21(28)33-24(38)16-6-7-17(27)18(12-16)32-23-22-19(30-15-31-23)14-29-25(34-22)36-9-5-8-35(4)10-11-36/h6-7,12-15,37H,5,8-11H2,1-4H3,(H2,28,33,38)(H,30,31,32)/b20-13-. The zero-order valence-electron chi connectivity index (χ0n) is 21.9. The number of nitrogens with zero attached hydrogens (tertiary/aromatic N) is 7. The third-order valence-electron chi connectivity index (χ3n) is 6.12. The summed E-state index contributed by atoms with van der Waals surface area (Å²) in [6, 6.07) is 4.70. The number of carbonyl (C=O) groups excluding carboxylic acids is 1. The minimum atomic E-state index is -0.580. The first-order valence-corrected chi connectivity index (χ1v) is 12.7. The van der Waals surface area contributed by atoms with E-state index in [1.54, 1.807) is 24.4 Å². The summed E-state index contributed by atoms with van der Waals surface area (Å²) in [6.45, 7) is 9.09. The van der Waals surface area contributed by atoms with Crippen LogP contribution in [0.2, 0.25) is 5.02 Å². The fourth-order valence-electron chi connectivity index (χ4n) is 3.79. The summed E-state index contributed by atoms with van der Waals surface area (Å²) in [7, 11) is 2.11. The number of amidine groups is 1. The molecule has 0 bridgehead atoms. The Hall–Kier alpha value is -3.83. The minimum Gasteiger partial charge on any atom is -0.512 e. The molecule has 0 unspecified atom stereocenters. The number of halogens is 1. The maximum atomic E-state index is 12.8. The van der Waals surface area contributed by atoms with E-state index in [2.05, 4.69) is 42.1 Å². The van der Waals surface area contributed by atoms with E-state index >= 15 is 0 Å². The fourth-order valence-corrected chi connectivity index (χ4v) is 3.95. The van der Waals surface area contributed by atoms with Gasteiger partial charge >= 0.3 is 0 Å². The zero-order valence-corrected chi connectivity index (χ0v) is 22.7. The zero-order chi connectivity index (χ0) is 27.4. The molecule has 3 aromatic rings. The van der Waals surface area contributed by atoms with E-state index in [1.807, 2.05) is 20.8 Å². The van der Waals surface area contributed by atoms with Gasteiger partial charge < -0.3 is 26.0 Å². The molecular weight excluding hydrogens is 506 g/mol. The summed E-state index contributed by atoms with van der Waals surface area (Å²) in [5.74, 6) is 0.380. The molecule has 1 fully saturated rings. The molecule has 3 heterocycles. The summed E-state index contributed by atoms with van der Waals surface area (Å²) >= 11 is 6.45. The number of hydrogen-bond donors (Lipinski definition) is 3. The third kappa shape index (κ3) is 6.53. The van der Waals surface area contributed by atoms with Crippen LogP contribution in [-0.2, 0) is 0 Å². The Morgan fingerprint density at radius 3 is 2.74 bits per heavy atom. The number of amides is 1. The van der Waals surface area contributed by atoms with Crippen molar-refractivity contribution in [1.82, 2.24) is 24.8 Å². The van der Waals surface area contributed by atoms with Gasteiger partial charge in [0.05, 0.1) is 16.9 Å². The van der Waals surface area contributed by atoms with Crippen LogP contribution in [0.15, 0.2) is 47.6 Å². The largest absolute Gasteiger partial charge is 0.512 e. The van der Waals surface area contributed by atoms with Crippen molar-refractivity contribution in [1.29, 1.82) is 0 Å². The average molecular weight is 538 g/mol. The van der Waals surface area contributed by atoms with Crippen molar-refractivity contribution in [2.45, 2.75) is 27.2 Å².